The summed E-state index contributed by atoms with van der Waals surface area (Å²) in [6, 6.07) is 4.51. The molecule has 0 aromatic heterocycles. The van der Waals surface area contributed by atoms with Crippen molar-refractivity contribution in [1.29, 1.82) is 0 Å². The normalized spacial score (nSPS) is 15.4. The zero-order chi connectivity index (χ0) is 19.6. The Morgan fingerprint density at radius 1 is 1.27 bits per heavy atom. The standard InChI is InChI=1S/C18H21Cl2NO4S/c1-10(2)26-15-11(3)24-9-21(16(15)22)18(4,5)17(23)25-14-7-12(19)6-13(20)8-14/h6-8,10H,9H2,1-5H3. The molecule has 0 saturated carbocycles. The highest BCUT2D eigenvalue weighted by atomic mass is 35.5. The molecular formula is C18H21Cl2NO4S. The molecule has 26 heavy (non-hydrogen) atoms. The van der Waals surface area contributed by atoms with Crippen LogP contribution >= 0.6 is 35.0 Å². The van der Waals surface area contributed by atoms with Gasteiger partial charge >= 0.3 is 5.97 Å². The van der Waals surface area contributed by atoms with E-state index in [1.807, 2.05) is 13.8 Å². The Kier molecular flexibility index (Phi) is 6.53. The Hall–Kier alpha value is -1.37. The SMILES string of the molecule is CC1=C(SC(C)C)C(=O)N(C(C)(C)C(=O)Oc2cc(Cl)cc(Cl)c2)CO1. The number of benzene rings is 1. The molecule has 0 bridgehead atoms. The highest BCUT2D eigenvalue weighted by molar-refractivity contribution is 8.04. The highest BCUT2D eigenvalue weighted by Crippen LogP contribution is 2.34. The summed E-state index contributed by atoms with van der Waals surface area (Å²) in [6.07, 6.45) is 0. The van der Waals surface area contributed by atoms with Gasteiger partial charge < -0.3 is 9.47 Å². The molecule has 0 unspecified atom stereocenters. The number of halogens is 2. The number of ether oxygens (including phenoxy) is 2. The molecule has 1 heterocycles. The van der Waals surface area contributed by atoms with Gasteiger partial charge in [-0.2, -0.15) is 0 Å². The van der Waals surface area contributed by atoms with Crippen LogP contribution in [0.2, 0.25) is 10.0 Å². The number of allylic oxidation sites excluding steroid dienone is 1. The van der Waals surface area contributed by atoms with Crippen molar-refractivity contribution in [2.45, 2.75) is 45.4 Å². The van der Waals surface area contributed by atoms with Gasteiger partial charge in [0.25, 0.3) is 5.91 Å². The number of thioether (sulfide) groups is 1. The van der Waals surface area contributed by atoms with Crippen LogP contribution in [0.1, 0.15) is 34.6 Å². The van der Waals surface area contributed by atoms with E-state index < -0.39 is 11.5 Å². The van der Waals surface area contributed by atoms with Gasteiger partial charge in [-0.25, -0.2) is 4.79 Å². The van der Waals surface area contributed by atoms with Crippen molar-refractivity contribution < 1.29 is 19.1 Å². The number of carbonyl (C=O) groups is 2. The van der Waals surface area contributed by atoms with Gasteiger partial charge in [-0.3, -0.25) is 9.69 Å². The third kappa shape index (κ3) is 4.67. The maximum absolute atomic E-state index is 12.9. The van der Waals surface area contributed by atoms with Crippen LogP contribution < -0.4 is 4.74 Å². The summed E-state index contributed by atoms with van der Waals surface area (Å²) in [7, 11) is 0. The molecule has 2 rings (SSSR count). The zero-order valence-electron chi connectivity index (χ0n) is 15.3. The first kappa shape index (κ1) is 20.9. The lowest BCUT2D eigenvalue weighted by molar-refractivity contribution is -0.159. The molecule has 8 heteroatoms. The van der Waals surface area contributed by atoms with Crippen molar-refractivity contribution in [2.24, 2.45) is 0 Å². The maximum Gasteiger partial charge on any atom is 0.337 e. The summed E-state index contributed by atoms with van der Waals surface area (Å²) >= 11 is 13.3. The fourth-order valence-electron chi connectivity index (χ4n) is 2.27. The number of hydrogen-bond acceptors (Lipinski definition) is 5. The van der Waals surface area contributed by atoms with E-state index in [4.69, 9.17) is 32.7 Å². The molecule has 1 aromatic carbocycles. The number of esters is 1. The van der Waals surface area contributed by atoms with Crippen LogP contribution in [0.4, 0.5) is 0 Å². The van der Waals surface area contributed by atoms with Crippen LogP contribution in [-0.4, -0.2) is 34.3 Å². The van der Waals surface area contributed by atoms with Crippen LogP contribution in [0.5, 0.6) is 5.75 Å². The number of hydrogen-bond donors (Lipinski definition) is 0. The van der Waals surface area contributed by atoms with E-state index in [2.05, 4.69) is 0 Å². The van der Waals surface area contributed by atoms with E-state index in [9.17, 15) is 9.59 Å². The lowest BCUT2D eigenvalue weighted by atomic mass is 10.0. The van der Waals surface area contributed by atoms with E-state index in [0.29, 0.717) is 20.7 Å². The summed E-state index contributed by atoms with van der Waals surface area (Å²) in [5.41, 5.74) is -1.24. The van der Waals surface area contributed by atoms with E-state index in [-0.39, 0.29) is 23.6 Å². The molecule has 0 aliphatic carbocycles. The van der Waals surface area contributed by atoms with Crippen molar-refractivity contribution in [3.8, 4) is 5.75 Å². The largest absolute Gasteiger partial charge is 0.476 e. The van der Waals surface area contributed by atoms with E-state index in [0.717, 1.165) is 0 Å². The van der Waals surface area contributed by atoms with E-state index in [1.54, 1.807) is 20.8 Å². The van der Waals surface area contributed by atoms with Gasteiger partial charge in [0.2, 0.25) is 0 Å². The number of amides is 1. The highest BCUT2D eigenvalue weighted by Gasteiger charge is 2.43. The molecule has 5 nitrogen and oxygen atoms in total. The monoisotopic (exact) mass is 417 g/mol. The van der Waals surface area contributed by atoms with Gasteiger partial charge in [-0.05, 0) is 39.0 Å². The minimum absolute atomic E-state index is 0.0226. The molecule has 1 aromatic rings. The van der Waals surface area contributed by atoms with Crippen molar-refractivity contribution >= 4 is 46.8 Å². The molecule has 0 N–H and O–H groups in total. The summed E-state index contributed by atoms with van der Waals surface area (Å²) in [5.74, 6) is -0.0787. The third-order valence-electron chi connectivity index (χ3n) is 3.74. The van der Waals surface area contributed by atoms with Gasteiger partial charge in [0.15, 0.2) is 6.73 Å². The summed E-state index contributed by atoms with van der Waals surface area (Å²) in [5, 5.41) is 0.908. The Bertz CT molecular complexity index is 741. The first-order chi connectivity index (χ1) is 12.0. The van der Waals surface area contributed by atoms with Crippen LogP contribution in [-0.2, 0) is 14.3 Å². The number of rotatable bonds is 5. The van der Waals surface area contributed by atoms with Crippen LogP contribution in [0.15, 0.2) is 28.9 Å². The smallest absolute Gasteiger partial charge is 0.337 e. The molecule has 0 spiro atoms. The van der Waals surface area contributed by atoms with Gasteiger partial charge in [-0.15, -0.1) is 11.8 Å². The maximum atomic E-state index is 12.9. The Morgan fingerprint density at radius 2 is 1.85 bits per heavy atom. The first-order valence-corrected chi connectivity index (χ1v) is 9.66. The zero-order valence-corrected chi connectivity index (χ0v) is 17.6. The molecule has 0 atom stereocenters. The topological polar surface area (TPSA) is 55.8 Å². The lowest BCUT2D eigenvalue weighted by Crippen LogP contribution is -2.57. The predicted molar refractivity (Wildman–Crippen MR) is 104 cm³/mol. The Morgan fingerprint density at radius 3 is 2.38 bits per heavy atom. The van der Waals surface area contributed by atoms with Gasteiger partial charge in [-0.1, -0.05) is 37.0 Å². The number of nitrogens with zero attached hydrogens (tertiary/aromatic N) is 1. The summed E-state index contributed by atoms with van der Waals surface area (Å²) in [6.45, 7) is 8.92. The number of carbonyl (C=O) groups excluding carboxylic acids is 2. The first-order valence-electron chi connectivity index (χ1n) is 8.03. The van der Waals surface area contributed by atoms with Crippen LogP contribution in [0.25, 0.3) is 0 Å². The molecular weight excluding hydrogens is 397 g/mol. The molecule has 1 aliphatic rings. The fraction of sp³-hybridized carbons (Fsp3) is 0.444. The van der Waals surface area contributed by atoms with E-state index in [1.165, 1.54) is 34.9 Å². The Balaban J connectivity index is 2.23. The summed E-state index contributed by atoms with van der Waals surface area (Å²) < 4.78 is 11.0. The van der Waals surface area contributed by atoms with Crippen molar-refractivity contribution in [3.05, 3.63) is 38.9 Å². The summed E-state index contributed by atoms with van der Waals surface area (Å²) in [4.78, 5) is 27.5. The van der Waals surface area contributed by atoms with Crippen molar-refractivity contribution in [1.82, 2.24) is 4.90 Å². The Labute approximate surface area is 167 Å². The second kappa shape index (κ2) is 8.11. The molecule has 0 fully saturated rings. The quantitative estimate of drug-likeness (QED) is 0.505. The molecule has 0 saturated heterocycles. The average Bonchev–Trinajstić information content (AvgIpc) is 2.49. The van der Waals surface area contributed by atoms with Gasteiger partial charge in [0.1, 0.15) is 22.0 Å². The van der Waals surface area contributed by atoms with Gasteiger partial charge in [0, 0.05) is 15.3 Å². The second-order valence-corrected chi connectivity index (χ2v) is 9.07. The van der Waals surface area contributed by atoms with Crippen LogP contribution in [0.3, 0.4) is 0 Å². The van der Waals surface area contributed by atoms with Crippen LogP contribution in [0, 0.1) is 0 Å². The predicted octanol–water partition coefficient (Wildman–Crippen LogP) is 4.87. The van der Waals surface area contributed by atoms with Crippen molar-refractivity contribution in [3.63, 3.8) is 0 Å². The molecule has 1 aliphatic heterocycles. The minimum Gasteiger partial charge on any atom is -0.476 e. The molecule has 1 amide bonds. The third-order valence-corrected chi connectivity index (χ3v) is 5.35. The van der Waals surface area contributed by atoms with Crippen molar-refractivity contribution in [2.75, 3.05) is 6.73 Å². The lowest BCUT2D eigenvalue weighted by Gasteiger charge is -2.39. The average molecular weight is 418 g/mol. The molecule has 0 radical (unpaired) electrons. The van der Waals surface area contributed by atoms with Gasteiger partial charge in [0.05, 0.1) is 0 Å². The second-order valence-electron chi connectivity index (χ2n) is 6.61. The molecule has 142 valence electrons. The minimum atomic E-state index is -1.24. The fourth-order valence-corrected chi connectivity index (χ4v) is 3.69. The van der Waals surface area contributed by atoms with E-state index >= 15 is 0 Å².